The first kappa shape index (κ1) is 12.9. The monoisotopic (exact) mass is 284 g/mol. The van der Waals surface area contributed by atoms with Gasteiger partial charge in [0.1, 0.15) is 17.3 Å². The number of thioether (sulfide) groups is 1. The molecule has 0 unspecified atom stereocenters. The van der Waals surface area contributed by atoms with Crippen LogP contribution >= 0.6 is 11.8 Å². The van der Waals surface area contributed by atoms with Crippen LogP contribution in [0.15, 0.2) is 52.8 Å². The number of carbonyl (C=O) groups excluding carboxylic acids is 1. The Morgan fingerprint density at radius 1 is 1.25 bits per heavy atom. The Labute approximate surface area is 121 Å². The van der Waals surface area contributed by atoms with E-state index < -0.39 is 0 Å². The fourth-order valence-electron chi connectivity index (χ4n) is 1.96. The molecule has 0 N–H and O–H groups in total. The lowest BCUT2D eigenvalue weighted by molar-refractivity contribution is -0.612. The minimum Gasteiger partial charge on any atom is -0.378 e. The van der Waals surface area contributed by atoms with Crippen LogP contribution < -0.4 is 9.47 Å². The van der Waals surface area contributed by atoms with E-state index in [1.807, 2.05) is 49.3 Å². The van der Waals surface area contributed by atoms with Crippen LogP contribution in [0.4, 0.5) is 5.69 Å². The molecule has 1 aromatic carbocycles. The smallest absolute Gasteiger partial charge is 0.372 e. The molecule has 0 spiro atoms. The van der Waals surface area contributed by atoms with Gasteiger partial charge in [-0.25, -0.2) is 4.79 Å². The highest BCUT2D eigenvalue weighted by Gasteiger charge is 2.33. The van der Waals surface area contributed by atoms with Gasteiger partial charge in [0.05, 0.1) is 0 Å². The zero-order valence-corrected chi connectivity index (χ0v) is 12.1. The maximum absolute atomic E-state index is 12.2. The van der Waals surface area contributed by atoms with Gasteiger partial charge in [-0.3, -0.25) is 0 Å². The number of fused-ring (bicyclic) bond motifs is 1. The van der Waals surface area contributed by atoms with Gasteiger partial charge < -0.3 is 4.90 Å². The first-order valence-corrected chi connectivity index (χ1v) is 7.05. The van der Waals surface area contributed by atoms with E-state index in [-0.39, 0.29) is 5.91 Å². The minimum atomic E-state index is -0.0187. The zero-order chi connectivity index (χ0) is 14.1. The first-order chi connectivity index (χ1) is 9.65. The number of nitrogens with zero attached hydrogens (tertiary/aromatic N) is 3. The number of allylic oxidation sites excluding steroid dienone is 1. The molecule has 0 saturated heterocycles. The molecule has 20 heavy (non-hydrogen) atoms. The Hall–Kier alpha value is -2.14. The van der Waals surface area contributed by atoms with E-state index in [0.717, 1.165) is 11.3 Å². The van der Waals surface area contributed by atoms with Crippen molar-refractivity contribution in [1.82, 2.24) is 4.98 Å². The largest absolute Gasteiger partial charge is 0.378 e. The van der Waals surface area contributed by atoms with Crippen molar-refractivity contribution in [3.8, 4) is 0 Å². The molecule has 0 amide bonds. The lowest BCUT2D eigenvalue weighted by atomic mass is 10.2. The van der Waals surface area contributed by atoms with Gasteiger partial charge in [0.15, 0.2) is 0 Å². The Bertz CT molecular complexity index is 693. The summed E-state index contributed by atoms with van der Waals surface area (Å²) in [4.78, 5) is 19.1. The van der Waals surface area contributed by atoms with E-state index >= 15 is 0 Å². The molecule has 0 fully saturated rings. The third-order valence-electron chi connectivity index (χ3n) is 3.05. The molecule has 1 aliphatic heterocycles. The van der Waals surface area contributed by atoms with Crippen molar-refractivity contribution in [3.63, 3.8) is 0 Å². The van der Waals surface area contributed by atoms with Gasteiger partial charge in [-0.05, 0) is 28.8 Å². The van der Waals surface area contributed by atoms with E-state index in [0.29, 0.717) is 10.1 Å². The molecular weight excluding hydrogens is 270 g/mol. The molecule has 5 heteroatoms. The summed E-state index contributed by atoms with van der Waals surface area (Å²) in [6.07, 6.45) is 5.34. The normalized spacial score (nSPS) is 15.5. The van der Waals surface area contributed by atoms with Gasteiger partial charge >= 0.3 is 11.1 Å². The SMILES string of the molecule is CN(C)c1ccc(/C=C2\Sc3nccc[n+]3C2=O)cc1. The van der Waals surface area contributed by atoms with Gasteiger partial charge in [0.2, 0.25) is 0 Å². The molecule has 2 aromatic rings. The van der Waals surface area contributed by atoms with Crippen LogP contribution in [0.1, 0.15) is 10.4 Å². The predicted octanol–water partition coefficient (Wildman–Crippen LogP) is 2.22. The molecule has 0 saturated carbocycles. The lowest BCUT2D eigenvalue weighted by Crippen LogP contribution is -2.40. The molecule has 4 nitrogen and oxygen atoms in total. The number of carbonyl (C=O) groups is 1. The van der Waals surface area contributed by atoms with Crippen molar-refractivity contribution in [2.75, 3.05) is 19.0 Å². The van der Waals surface area contributed by atoms with Gasteiger partial charge in [-0.15, -0.1) is 0 Å². The molecule has 0 aliphatic carbocycles. The summed E-state index contributed by atoms with van der Waals surface area (Å²) in [5.41, 5.74) is 2.15. The topological polar surface area (TPSA) is 37.1 Å². The summed E-state index contributed by atoms with van der Waals surface area (Å²) in [7, 11) is 4.01. The number of aromatic nitrogens is 2. The fourth-order valence-corrected chi connectivity index (χ4v) is 2.89. The highest BCUT2D eigenvalue weighted by atomic mass is 32.2. The van der Waals surface area contributed by atoms with E-state index in [9.17, 15) is 4.79 Å². The first-order valence-electron chi connectivity index (χ1n) is 6.23. The van der Waals surface area contributed by atoms with Gasteiger partial charge in [0, 0.05) is 37.6 Å². The summed E-state index contributed by atoms with van der Waals surface area (Å²) in [6.45, 7) is 0. The molecule has 1 aliphatic rings. The molecule has 100 valence electrons. The van der Waals surface area contributed by atoms with Gasteiger partial charge in [0.25, 0.3) is 0 Å². The maximum Gasteiger partial charge on any atom is 0.372 e. The Morgan fingerprint density at radius 3 is 2.65 bits per heavy atom. The Morgan fingerprint density at radius 2 is 2.00 bits per heavy atom. The second-order valence-electron chi connectivity index (χ2n) is 4.67. The predicted molar refractivity (Wildman–Crippen MR) is 79.7 cm³/mol. The van der Waals surface area contributed by atoms with E-state index in [2.05, 4.69) is 4.98 Å². The summed E-state index contributed by atoms with van der Waals surface area (Å²) in [5, 5.41) is 0.716. The maximum atomic E-state index is 12.2. The van der Waals surface area contributed by atoms with Crippen molar-refractivity contribution < 1.29 is 9.36 Å². The van der Waals surface area contributed by atoms with Crippen molar-refractivity contribution in [2.45, 2.75) is 5.16 Å². The second-order valence-corrected chi connectivity index (χ2v) is 5.68. The quantitative estimate of drug-likeness (QED) is 0.481. The van der Waals surface area contributed by atoms with Crippen LogP contribution in [0.2, 0.25) is 0 Å². The van der Waals surface area contributed by atoms with Crippen molar-refractivity contribution in [3.05, 3.63) is 53.2 Å². The molecule has 2 heterocycles. The van der Waals surface area contributed by atoms with Crippen LogP contribution in [-0.4, -0.2) is 25.0 Å². The lowest BCUT2D eigenvalue weighted by Gasteiger charge is -2.11. The number of hydrogen-bond donors (Lipinski definition) is 0. The second kappa shape index (κ2) is 5.09. The molecule has 3 rings (SSSR count). The van der Waals surface area contributed by atoms with Crippen molar-refractivity contribution in [1.29, 1.82) is 0 Å². The standard InChI is InChI=1S/C15H14N3OS/c1-17(2)12-6-4-11(5-7-12)10-13-14(19)18-9-3-8-16-15(18)20-13/h3-10H,1-2H3/q+1/b13-10-. The van der Waals surface area contributed by atoms with E-state index in [1.54, 1.807) is 23.0 Å². The summed E-state index contributed by atoms with van der Waals surface area (Å²) < 4.78 is 1.57. The Kier molecular flexibility index (Phi) is 3.28. The molecule has 0 radical (unpaired) electrons. The average molecular weight is 284 g/mol. The zero-order valence-electron chi connectivity index (χ0n) is 11.3. The van der Waals surface area contributed by atoms with Crippen molar-refractivity contribution >= 4 is 29.4 Å². The number of anilines is 1. The van der Waals surface area contributed by atoms with Crippen LogP contribution in [0, 0.1) is 0 Å². The molecule has 0 atom stereocenters. The van der Waals surface area contributed by atoms with Crippen LogP contribution in [0.5, 0.6) is 0 Å². The number of hydrogen-bond acceptors (Lipinski definition) is 4. The highest BCUT2D eigenvalue weighted by Crippen LogP contribution is 2.29. The average Bonchev–Trinajstić information content (AvgIpc) is 2.77. The third-order valence-corrected chi connectivity index (χ3v) is 4.05. The van der Waals surface area contributed by atoms with E-state index in [1.165, 1.54) is 11.8 Å². The van der Waals surface area contributed by atoms with Crippen LogP contribution in [0.25, 0.3) is 6.08 Å². The summed E-state index contributed by atoms with van der Waals surface area (Å²) in [5.74, 6) is -0.0187. The third kappa shape index (κ3) is 2.32. The molecule has 1 aromatic heterocycles. The molecular formula is C15H14N3OS+. The van der Waals surface area contributed by atoms with Gasteiger partial charge in [-0.1, -0.05) is 12.1 Å². The van der Waals surface area contributed by atoms with Crippen LogP contribution in [0.3, 0.4) is 0 Å². The van der Waals surface area contributed by atoms with Crippen LogP contribution in [-0.2, 0) is 0 Å². The summed E-state index contributed by atoms with van der Waals surface area (Å²) in [6, 6.07) is 9.86. The van der Waals surface area contributed by atoms with E-state index in [4.69, 9.17) is 0 Å². The summed E-state index contributed by atoms with van der Waals surface area (Å²) >= 11 is 1.40. The molecule has 0 bridgehead atoms. The highest BCUT2D eigenvalue weighted by molar-refractivity contribution is 8.04. The van der Waals surface area contributed by atoms with Gasteiger partial charge in [-0.2, -0.15) is 4.57 Å². The van der Waals surface area contributed by atoms with Crippen molar-refractivity contribution in [2.24, 2.45) is 0 Å². The Balaban J connectivity index is 1.89. The number of rotatable bonds is 2. The number of benzene rings is 1. The minimum absolute atomic E-state index is 0.0187. The fraction of sp³-hybridized carbons (Fsp3) is 0.133.